The minimum Gasteiger partial charge on any atom is -0.381 e. The molecule has 0 aliphatic rings. The first-order valence-corrected chi connectivity index (χ1v) is 8.11. The number of Topliss-reactive ketones (excluding diaryl/α,β-unsaturated/α-hetero) is 1. The second kappa shape index (κ2) is 9.93. The third kappa shape index (κ3) is 8.86. The average molecular weight is 299 g/mol. The average Bonchev–Trinajstić information content (AvgIpc) is 2.32. The molecule has 0 saturated carbocycles. The molecule has 4 nitrogen and oxygen atoms in total. The Morgan fingerprint density at radius 3 is 2.14 bits per heavy atom. The van der Waals surface area contributed by atoms with Crippen molar-refractivity contribution in [1.29, 1.82) is 0 Å². The van der Waals surface area contributed by atoms with E-state index in [-0.39, 0.29) is 23.3 Å². The summed E-state index contributed by atoms with van der Waals surface area (Å²) >= 11 is 0. The predicted molar refractivity (Wildman–Crippen MR) is 86.3 cm³/mol. The number of hydrogen-bond donors (Lipinski definition) is 0. The maximum atomic E-state index is 12.3. The summed E-state index contributed by atoms with van der Waals surface area (Å²) in [7, 11) is 0. The number of carbonyl (C=O) groups excluding carboxylic acids is 2. The van der Waals surface area contributed by atoms with Crippen molar-refractivity contribution in [2.45, 2.75) is 85.2 Å². The van der Waals surface area contributed by atoms with E-state index < -0.39 is 0 Å². The Hall–Kier alpha value is -0.900. The number of amides is 1. The van der Waals surface area contributed by atoms with Crippen LogP contribution in [0.3, 0.4) is 0 Å². The molecule has 0 spiro atoms. The standard InChI is InChI=1S/C17H33NO3/c1-7-12-21-13-11-15(19)9-8-10-16(20)18(14(2)3)17(4,5)6/h14H,7-13H2,1-6H3. The highest BCUT2D eigenvalue weighted by atomic mass is 16.5. The highest BCUT2D eigenvalue weighted by Gasteiger charge is 2.28. The van der Waals surface area contributed by atoms with E-state index in [9.17, 15) is 9.59 Å². The molecule has 0 aromatic carbocycles. The van der Waals surface area contributed by atoms with Gasteiger partial charge in [-0.1, -0.05) is 6.92 Å². The van der Waals surface area contributed by atoms with Crippen molar-refractivity contribution < 1.29 is 14.3 Å². The predicted octanol–water partition coefficient (Wildman–Crippen LogP) is 3.58. The zero-order chi connectivity index (χ0) is 16.5. The van der Waals surface area contributed by atoms with Crippen LogP contribution in [0.5, 0.6) is 0 Å². The molecule has 0 atom stereocenters. The Balaban J connectivity index is 4.05. The molecule has 0 N–H and O–H groups in total. The molecule has 0 fully saturated rings. The van der Waals surface area contributed by atoms with Gasteiger partial charge in [-0.05, 0) is 47.5 Å². The van der Waals surface area contributed by atoms with Gasteiger partial charge >= 0.3 is 0 Å². The molecule has 0 aliphatic carbocycles. The second-order valence-corrected chi connectivity index (χ2v) is 6.78. The van der Waals surface area contributed by atoms with Crippen molar-refractivity contribution in [1.82, 2.24) is 4.90 Å². The maximum absolute atomic E-state index is 12.3. The molecule has 0 aliphatic heterocycles. The highest BCUT2D eigenvalue weighted by Crippen LogP contribution is 2.19. The Morgan fingerprint density at radius 1 is 1.05 bits per heavy atom. The first kappa shape index (κ1) is 20.1. The minimum atomic E-state index is -0.177. The summed E-state index contributed by atoms with van der Waals surface area (Å²) in [4.78, 5) is 25.9. The monoisotopic (exact) mass is 299 g/mol. The molecule has 0 heterocycles. The first-order valence-electron chi connectivity index (χ1n) is 8.11. The van der Waals surface area contributed by atoms with Crippen LogP contribution in [0.2, 0.25) is 0 Å². The second-order valence-electron chi connectivity index (χ2n) is 6.78. The molecule has 0 saturated heterocycles. The van der Waals surface area contributed by atoms with Gasteiger partial charge in [0, 0.05) is 37.5 Å². The van der Waals surface area contributed by atoms with Gasteiger partial charge in [0.15, 0.2) is 0 Å². The summed E-state index contributed by atoms with van der Waals surface area (Å²) < 4.78 is 5.30. The number of rotatable bonds is 10. The van der Waals surface area contributed by atoms with Crippen LogP contribution in [-0.2, 0) is 14.3 Å². The molecule has 0 radical (unpaired) electrons. The van der Waals surface area contributed by atoms with Crippen molar-refractivity contribution in [3.8, 4) is 0 Å². The highest BCUT2D eigenvalue weighted by molar-refractivity contribution is 5.80. The Bertz CT molecular complexity index is 318. The van der Waals surface area contributed by atoms with Crippen LogP contribution in [0, 0.1) is 0 Å². The molecule has 0 bridgehead atoms. The van der Waals surface area contributed by atoms with Crippen LogP contribution >= 0.6 is 0 Å². The van der Waals surface area contributed by atoms with Crippen molar-refractivity contribution in [3.05, 3.63) is 0 Å². The topological polar surface area (TPSA) is 46.6 Å². The lowest BCUT2D eigenvalue weighted by atomic mass is 10.0. The minimum absolute atomic E-state index is 0.132. The molecular formula is C17H33NO3. The lowest BCUT2D eigenvalue weighted by Gasteiger charge is -2.39. The van der Waals surface area contributed by atoms with E-state index in [1.54, 1.807) is 0 Å². The largest absolute Gasteiger partial charge is 0.381 e. The van der Waals surface area contributed by atoms with Gasteiger partial charge in [0.2, 0.25) is 5.91 Å². The maximum Gasteiger partial charge on any atom is 0.223 e. The molecule has 0 aromatic rings. The normalized spacial score (nSPS) is 11.8. The van der Waals surface area contributed by atoms with Gasteiger partial charge in [0.1, 0.15) is 5.78 Å². The summed E-state index contributed by atoms with van der Waals surface area (Å²) in [5, 5.41) is 0. The number of ether oxygens (including phenoxy) is 1. The van der Waals surface area contributed by atoms with Crippen LogP contribution < -0.4 is 0 Å². The van der Waals surface area contributed by atoms with Crippen LogP contribution in [0.4, 0.5) is 0 Å². The number of carbonyl (C=O) groups is 2. The molecule has 0 unspecified atom stereocenters. The van der Waals surface area contributed by atoms with Crippen molar-refractivity contribution in [2.75, 3.05) is 13.2 Å². The quantitative estimate of drug-likeness (QED) is 0.579. The third-order valence-electron chi connectivity index (χ3n) is 3.23. The summed E-state index contributed by atoms with van der Waals surface area (Å²) in [6.07, 6.45) is 2.97. The van der Waals surface area contributed by atoms with Crippen molar-refractivity contribution in [2.24, 2.45) is 0 Å². The lowest BCUT2D eigenvalue weighted by Crippen LogP contribution is -2.49. The molecule has 124 valence electrons. The Morgan fingerprint density at radius 2 is 1.67 bits per heavy atom. The van der Waals surface area contributed by atoms with E-state index in [1.807, 2.05) is 46.4 Å². The van der Waals surface area contributed by atoms with Gasteiger partial charge in [-0.3, -0.25) is 9.59 Å². The lowest BCUT2D eigenvalue weighted by molar-refractivity contribution is -0.138. The van der Waals surface area contributed by atoms with E-state index >= 15 is 0 Å². The fourth-order valence-corrected chi connectivity index (χ4v) is 2.55. The van der Waals surface area contributed by atoms with Crippen LogP contribution in [0.25, 0.3) is 0 Å². The fraction of sp³-hybridized carbons (Fsp3) is 0.882. The first-order chi connectivity index (χ1) is 9.70. The molecular weight excluding hydrogens is 266 g/mol. The van der Waals surface area contributed by atoms with Gasteiger partial charge < -0.3 is 9.64 Å². The van der Waals surface area contributed by atoms with E-state index in [4.69, 9.17) is 4.74 Å². The van der Waals surface area contributed by atoms with Gasteiger partial charge in [-0.2, -0.15) is 0 Å². The van der Waals surface area contributed by atoms with E-state index in [2.05, 4.69) is 0 Å². The van der Waals surface area contributed by atoms with E-state index in [1.165, 1.54) is 0 Å². The van der Waals surface area contributed by atoms with E-state index in [0.29, 0.717) is 38.9 Å². The Kier molecular flexibility index (Phi) is 9.51. The molecule has 0 rings (SSSR count). The van der Waals surface area contributed by atoms with Crippen LogP contribution in [0.1, 0.15) is 73.6 Å². The molecule has 1 amide bonds. The number of nitrogens with zero attached hydrogens (tertiary/aromatic N) is 1. The van der Waals surface area contributed by atoms with Gasteiger partial charge in [0.05, 0.1) is 6.61 Å². The summed E-state index contributed by atoms with van der Waals surface area (Å²) in [6, 6.07) is 0.177. The van der Waals surface area contributed by atoms with Crippen molar-refractivity contribution >= 4 is 11.7 Å². The summed E-state index contributed by atoms with van der Waals surface area (Å²) in [5.74, 6) is 0.318. The van der Waals surface area contributed by atoms with Gasteiger partial charge in [-0.15, -0.1) is 0 Å². The zero-order valence-electron chi connectivity index (χ0n) is 14.7. The summed E-state index contributed by atoms with van der Waals surface area (Å²) in [5.41, 5.74) is -0.177. The summed E-state index contributed by atoms with van der Waals surface area (Å²) in [6.45, 7) is 13.4. The number of hydrogen-bond acceptors (Lipinski definition) is 3. The Labute approximate surface area is 130 Å². The molecule has 0 aromatic heterocycles. The molecule has 21 heavy (non-hydrogen) atoms. The SMILES string of the molecule is CCCOCCC(=O)CCCC(=O)N(C(C)C)C(C)(C)C. The zero-order valence-corrected chi connectivity index (χ0v) is 14.7. The fourth-order valence-electron chi connectivity index (χ4n) is 2.55. The van der Waals surface area contributed by atoms with Crippen LogP contribution in [0.15, 0.2) is 0 Å². The van der Waals surface area contributed by atoms with Gasteiger partial charge in [0.25, 0.3) is 0 Å². The smallest absolute Gasteiger partial charge is 0.223 e. The third-order valence-corrected chi connectivity index (χ3v) is 3.23. The van der Waals surface area contributed by atoms with Crippen LogP contribution in [-0.4, -0.2) is 41.4 Å². The van der Waals surface area contributed by atoms with E-state index in [0.717, 1.165) is 6.42 Å². The van der Waals surface area contributed by atoms with Gasteiger partial charge in [-0.25, -0.2) is 0 Å². The number of ketones is 1. The van der Waals surface area contributed by atoms with Crippen molar-refractivity contribution in [3.63, 3.8) is 0 Å². The molecule has 4 heteroatoms.